The normalized spacial score (nSPS) is 20.4. The van der Waals surface area contributed by atoms with Crippen LogP contribution < -0.4 is 4.74 Å². The number of carbonyl (C=O) groups is 1. The van der Waals surface area contributed by atoms with Crippen LogP contribution in [0.25, 0.3) is 0 Å². The molecule has 1 amide bonds. The quantitative estimate of drug-likeness (QED) is 0.603. The first-order valence-electron chi connectivity index (χ1n) is 11.0. The lowest BCUT2D eigenvalue weighted by Crippen LogP contribution is -2.58. The van der Waals surface area contributed by atoms with Crippen LogP contribution >= 0.6 is 11.6 Å². The molecule has 3 atom stereocenters. The van der Waals surface area contributed by atoms with Crippen molar-refractivity contribution < 1.29 is 13.9 Å². The topological polar surface area (TPSA) is 36.0 Å². The van der Waals surface area contributed by atoms with Crippen LogP contribution in [-0.2, 0) is 11.3 Å². The van der Waals surface area contributed by atoms with Crippen LogP contribution in [0, 0.1) is 5.82 Å². The Morgan fingerprint density at radius 1 is 1.16 bits per heavy atom. The Balaban J connectivity index is 1.61. The number of benzene rings is 2. The van der Waals surface area contributed by atoms with E-state index in [-0.39, 0.29) is 36.5 Å². The van der Waals surface area contributed by atoms with Crippen LogP contribution in [0.2, 0.25) is 5.02 Å². The number of ether oxygens (including phenoxy) is 1. The van der Waals surface area contributed by atoms with Crippen molar-refractivity contribution in [3.63, 3.8) is 0 Å². The predicted molar refractivity (Wildman–Crippen MR) is 126 cm³/mol. The monoisotopic (exact) mass is 461 g/mol. The minimum Gasteiger partial charge on any atom is -0.483 e. The third kappa shape index (κ3) is 6.00. The van der Waals surface area contributed by atoms with Crippen LogP contribution in [0.4, 0.5) is 4.39 Å². The van der Waals surface area contributed by atoms with Crippen molar-refractivity contribution in [3.05, 3.63) is 64.4 Å². The van der Waals surface area contributed by atoms with Crippen molar-refractivity contribution in [1.29, 1.82) is 0 Å². The molecule has 7 heteroatoms. The molecule has 174 valence electrons. The van der Waals surface area contributed by atoms with Crippen molar-refractivity contribution in [3.8, 4) is 5.75 Å². The molecule has 0 N–H and O–H groups in total. The van der Waals surface area contributed by atoms with Gasteiger partial charge in [0.15, 0.2) is 6.61 Å². The van der Waals surface area contributed by atoms with E-state index in [0.29, 0.717) is 17.3 Å². The maximum absolute atomic E-state index is 13.2. The molecule has 2 aromatic carbocycles. The molecular formula is C25H33ClFN3O2. The molecule has 0 radical (unpaired) electrons. The van der Waals surface area contributed by atoms with E-state index in [0.717, 1.165) is 24.2 Å². The highest BCUT2D eigenvalue weighted by Crippen LogP contribution is 2.31. The van der Waals surface area contributed by atoms with Crippen molar-refractivity contribution in [1.82, 2.24) is 14.7 Å². The maximum Gasteiger partial charge on any atom is 0.260 e. The van der Waals surface area contributed by atoms with Gasteiger partial charge in [0, 0.05) is 48.3 Å². The van der Waals surface area contributed by atoms with Gasteiger partial charge in [-0.25, -0.2) is 4.39 Å². The van der Waals surface area contributed by atoms with Gasteiger partial charge < -0.3 is 14.5 Å². The molecule has 2 aromatic rings. The van der Waals surface area contributed by atoms with Gasteiger partial charge in [-0.15, -0.1) is 0 Å². The van der Waals surface area contributed by atoms with Crippen molar-refractivity contribution in [2.45, 2.75) is 45.4 Å². The first kappa shape index (κ1) is 24.5. The molecule has 1 saturated heterocycles. The summed E-state index contributed by atoms with van der Waals surface area (Å²) in [5, 5.41) is 0.645. The molecular weight excluding hydrogens is 429 g/mol. The lowest BCUT2D eigenvalue weighted by atomic mass is 10.1. The third-order valence-electron chi connectivity index (χ3n) is 6.28. The van der Waals surface area contributed by atoms with E-state index >= 15 is 0 Å². The van der Waals surface area contributed by atoms with E-state index in [4.69, 9.17) is 16.3 Å². The zero-order valence-corrected chi connectivity index (χ0v) is 20.3. The van der Waals surface area contributed by atoms with E-state index < -0.39 is 0 Å². The summed E-state index contributed by atoms with van der Waals surface area (Å²) in [6.07, 6.45) is 0. The Hall–Kier alpha value is -2.15. The van der Waals surface area contributed by atoms with Gasteiger partial charge in [-0.05, 0) is 70.8 Å². The van der Waals surface area contributed by atoms with E-state index in [1.807, 2.05) is 43.3 Å². The summed E-state index contributed by atoms with van der Waals surface area (Å²) in [5.41, 5.74) is 2.03. The molecule has 1 fully saturated rings. The largest absolute Gasteiger partial charge is 0.483 e. The number of piperazine rings is 1. The summed E-state index contributed by atoms with van der Waals surface area (Å²) in [7, 11) is 3.99. The zero-order chi connectivity index (χ0) is 23.4. The summed E-state index contributed by atoms with van der Waals surface area (Å²) in [6.45, 7) is 8.37. The first-order valence-corrected chi connectivity index (χ1v) is 11.4. The zero-order valence-electron chi connectivity index (χ0n) is 19.5. The number of rotatable bonds is 7. The number of hydrogen-bond acceptors (Lipinski definition) is 4. The number of hydrogen-bond donors (Lipinski definition) is 0. The second-order valence-electron chi connectivity index (χ2n) is 8.91. The predicted octanol–water partition coefficient (Wildman–Crippen LogP) is 4.60. The SMILES string of the molecule is CC(c1cc(Cl)ccc1OCC(=O)N1CC(C)N(Cc2ccc(F)cc2)CC1C)N(C)C. The minimum atomic E-state index is -0.227. The highest BCUT2D eigenvalue weighted by atomic mass is 35.5. The Bertz CT molecular complexity index is 922. The molecule has 5 nitrogen and oxygen atoms in total. The Labute approximate surface area is 195 Å². The average Bonchev–Trinajstić information content (AvgIpc) is 2.75. The molecule has 3 rings (SSSR count). The van der Waals surface area contributed by atoms with Crippen molar-refractivity contribution in [2.24, 2.45) is 0 Å². The van der Waals surface area contributed by atoms with Crippen molar-refractivity contribution in [2.75, 3.05) is 33.8 Å². The smallest absolute Gasteiger partial charge is 0.260 e. The van der Waals surface area contributed by atoms with E-state index in [2.05, 4.69) is 30.6 Å². The van der Waals surface area contributed by atoms with E-state index in [1.54, 1.807) is 6.07 Å². The standard InChI is InChI=1S/C25H33ClFN3O2/c1-17-14-30(18(2)13-29(17)15-20-6-9-22(27)10-7-20)25(31)16-32-24-11-8-21(26)12-23(24)19(3)28(4)5/h6-12,17-19H,13-16H2,1-5H3. The van der Waals surface area contributed by atoms with E-state index in [9.17, 15) is 9.18 Å². The third-order valence-corrected chi connectivity index (χ3v) is 6.52. The summed E-state index contributed by atoms with van der Waals surface area (Å²) in [5.74, 6) is 0.429. The van der Waals surface area contributed by atoms with Crippen LogP contribution in [0.1, 0.15) is 37.9 Å². The molecule has 1 aliphatic rings. The van der Waals surface area contributed by atoms with Gasteiger partial charge in [0.25, 0.3) is 5.91 Å². The van der Waals surface area contributed by atoms with Gasteiger partial charge in [0.2, 0.25) is 0 Å². The maximum atomic E-state index is 13.2. The fourth-order valence-corrected chi connectivity index (χ4v) is 4.25. The summed E-state index contributed by atoms with van der Waals surface area (Å²) < 4.78 is 19.2. The second-order valence-corrected chi connectivity index (χ2v) is 9.35. The fraction of sp³-hybridized carbons (Fsp3) is 0.480. The molecule has 0 aromatic heterocycles. The molecule has 0 spiro atoms. The van der Waals surface area contributed by atoms with Gasteiger partial charge in [-0.3, -0.25) is 9.69 Å². The minimum absolute atomic E-state index is 0.0101. The van der Waals surface area contributed by atoms with Gasteiger partial charge in [0.05, 0.1) is 0 Å². The van der Waals surface area contributed by atoms with Crippen LogP contribution in [0.5, 0.6) is 5.75 Å². The highest BCUT2D eigenvalue weighted by molar-refractivity contribution is 6.30. The summed E-state index contributed by atoms with van der Waals surface area (Å²) in [6, 6.07) is 12.5. The number of nitrogens with zero attached hydrogens (tertiary/aromatic N) is 3. The molecule has 1 aliphatic heterocycles. The van der Waals surface area contributed by atoms with Gasteiger partial charge in [0.1, 0.15) is 11.6 Å². The van der Waals surface area contributed by atoms with Crippen molar-refractivity contribution >= 4 is 17.5 Å². The Morgan fingerprint density at radius 2 is 1.84 bits per heavy atom. The molecule has 32 heavy (non-hydrogen) atoms. The molecule has 0 aliphatic carbocycles. The van der Waals surface area contributed by atoms with Gasteiger partial charge >= 0.3 is 0 Å². The Kier molecular flexibility index (Phi) is 8.15. The van der Waals surface area contributed by atoms with Crippen LogP contribution in [-0.4, -0.2) is 66.5 Å². The lowest BCUT2D eigenvalue weighted by molar-refractivity contribution is -0.139. The Morgan fingerprint density at radius 3 is 2.50 bits per heavy atom. The summed E-state index contributed by atoms with van der Waals surface area (Å²) >= 11 is 6.19. The van der Waals surface area contributed by atoms with Crippen LogP contribution in [0.3, 0.4) is 0 Å². The fourth-order valence-electron chi connectivity index (χ4n) is 4.07. The molecule has 3 unspecified atom stereocenters. The van der Waals surface area contributed by atoms with Crippen LogP contribution in [0.15, 0.2) is 42.5 Å². The number of carbonyl (C=O) groups excluding carboxylic acids is 1. The molecule has 1 heterocycles. The first-order chi connectivity index (χ1) is 15.2. The highest BCUT2D eigenvalue weighted by Gasteiger charge is 2.32. The number of amides is 1. The lowest BCUT2D eigenvalue weighted by Gasteiger charge is -2.44. The average molecular weight is 462 g/mol. The second kappa shape index (κ2) is 10.6. The van der Waals surface area contributed by atoms with Gasteiger partial charge in [-0.2, -0.15) is 0 Å². The molecule has 0 bridgehead atoms. The van der Waals surface area contributed by atoms with E-state index in [1.165, 1.54) is 12.1 Å². The molecule has 0 saturated carbocycles. The number of halogens is 2. The summed E-state index contributed by atoms with van der Waals surface area (Å²) in [4.78, 5) is 19.3. The van der Waals surface area contributed by atoms with Gasteiger partial charge in [-0.1, -0.05) is 23.7 Å².